The fourth-order valence-corrected chi connectivity index (χ4v) is 1.06. The van der Waals surface area contributed by atoms with Crippen molar-refractivity contribution >= 4 is 11.7 Å². The molecule has 66 valence electrons. The van der Waals surface area contributed by atoms with Crippen LogP contribution in [0.4, 0.5) is 11.7 Å². The molecule has 0 bridgehead atoms. The van der Waals surface area contributed by atoms with Crippen molar-refractivity contribution in [3.05, 3.63) is 42.3 Å². The van der Waals surface area contributed by atoms with Crippen LogP contribution in [-0.2, 0) is 0 Å². The van der Waals surface area contributed by atoms with Crippen molar-refractivity contribution in [3.8, 4) is 0 Å². The Balaban J connectivity index is 2.15. The standard InChI is InChI=1S/C10H10N2O/c1-8-7-11-10(13-8)12-9-5-3-2-4-6-9/h2-7H,1H3,(H,11,12). The van der Waals surface area contributed by atoms with E-state index in [1.807, 2.05) is 37.3 Å². The van der Waals surface area contributed by atoms with Crippen LogP contribution in [0.15, 0.2) is 40.9 Å². The Morgan fingerprint density at radius 3 is 2.62 bits per heavy atom. The van der Waals surface area contributed by atoms with Crippen molar-refractivity contribution in [1.82, 2.24) is 4.98 Å². The number of anilines is 2. The molecule has 0 fully saturated rings. The maximum Gasteiger partial charge on any atom is 0.299 e. The summed E-state index contributed by atoms with van der Waals surface area (Å²) in [6.07, 6.45) is 1.69. The van der Waals surface area contributed by atoms with Gasteiger partial charge < -0.3 is 9.73 Å². The van der Waals surface area contributed by atoms with Gasteiger partial charge in [0.05, 0.1) is 6.20 Å². The maximum atomic E-state index is 5.27. The molecule has 0 spiro atoms. The predicted molar refractivity (Wildman–Crippen MR) is 51.0 cm³/mol. The lowest BCUT2D eigenvalue weighted by atomic mass is 10.3. The number of para-hydroxylation sites is 1. The maximum absolute atomic E-state index is 5.27. The first-order valence-corrected chi connectivity index (χ1v) is 4.09. The molecule has 13 heavy (non-hydrogen) atoms. The van der Waals surface area contributed by atoms with Crippen LogP contribution in [0.1, 0.15) is 5.76 Å². The van der Waals surface area contributed by atoms with Crippen LogP contribution in [-0.4, -0.2) is 4.98 Å². The number of hydrogen-bond acceptors (Lipinski definition) is 3. The van der Waals surface area contributed by atoms with E-state index in [4.69, 9.17) is 4.42 Å². The molecule has 0 radical (unpaired) electrons. The number of nitrogens with one attached hydrogen (secondary N) is 1. The Labute approximate surface area is 76.4 Å². The lowest BCUT2D eigenvalue weighted by Crippen LogP contribution is -1.88. The van der Waals surface area contributed by atoms with Crippen molar-refractivity contribution < 1.29 is 4.42 Å². The van der Waals surface area contributed by atoms with Crippen LogP contribution < -0.4 is 5.32 Å². The zero-order valence-electron chi connectivity index (χ0n) is 7.32. The molecule has 2 aromatic rings. The van der Waals surface area contributed by atoms with E-state index in [-0.39, 0.29) is 0 Å². The van der Waals surface area contributed by atoms with Gasteiger partial charge in [-0.15, -0.1) is 0 Å². The van der Waals surface area contributed by atoms with Gasteiger partial charge in [-0.25, -0.2) is 4.98 Å². The topological polar surface area (TPSA) is 38.1 Å². The highest BCUT2D eigenvalue weighted by atomic mass is 16.4. The Hall–Kier alpha value is -1.77. The zero-order valence-corrected chi connectivity index (χ0v) is 7.32. The third kappa shape index (κ3) is 1.87. The molecule has 1 N–H and O–H groups in total. The van der Waals surface area contributed by atoms with E-state index in [0.717, 1.165) is 11.4 Å². The molecular weight excluding hydrogens is 164 g/mol. The fraction of sp³-hybridized carbons (Fsp3) is 0.100. The summed E-state index contributed by atoms with van der Waals surface area (Å²) in [7, 11) is 0. The third-order valence-corrected chi connectivity index (χ3v) is 1.65. The Kier molecular flexibility index (Phi) is 2.00. The molecule has 0 saturated carbocycles. The zero-order chi connectivity index (χ0) is 9.10. The quantitative estimate of drug-likeness (QED) is 0.760. The van der Waals surface area contributed by atoms with E-state index in [9.17, 15) is 0 Å². The highest BCUT2D eigenvalue weighted by molar-refractivity contribution is 5.51. The third-order valence-electron chi connectivity index (χ3n) is 1.65. The van der Waals surface area contributed by atoms with E-state index in [0.29, 0.717) is 6.01 Å². The first-order chi connectivity index (χ1) is 6.34. The Morgan fingerprint density at radius 1 is 1.23 bits per heavy atom. The molecule has 2 rings (SSSR count). The Bertz CT molecular complexity index is 381. The molecule has 0 atom stereocenters. The van der Waals surface area contributed by atoms with Crippen LogP contribution in [0.3, 0.4) is 0 Å². The molecule has 3 heteroatoms. The highest BCUT2D eigenvalue weighted by Crippen LogP contribution is 2.14. The minimum atomic E-state index is 0.531. The van der Waals surface area contributed by atoms with Gasteiger partial charge in [0, 0.05) is 5.69 Å². The summed E-state index contributed by atoms with van der Waals surface area (Å²) in [6, 6.07) is 10.3. The van der Waals surface area contributed by atoms with E-state index in [2.05, 4.69) is 10.3 Å². The second kappa shape index (κ2) is 3.31. The van der Waals surface area contributed by atoms with Crippen LogP contribution in [0, 0.1) is 6.92 Å². The summed E-state index contributed by atoms with van der Waals surface area (Å²) in [4.78, 5) is 4.03. The Morgan fingerprint density at radius 2 is 2.00 bits per heavy atom. The van der Waals surface area contributed by atoms with Gasteiger partial charge in [0.25, 0.3) is 6.01 Å². The lowest BCUT2D eigenvalue weighted by molar-refractivity contribution is 0.546. The second-order valence-corrected chi connectivity index (χ2v) is 2.77. The van der Waals surface area contributed by atoms with Crippen molar-refractivity contribution in [2.45, 2.75) is 6.92 Å². The van der Waals surface area contributed by atoms with Crippen molar-refractivity contribution in [2.24, 2.45) is 0 Å². The number of benzene rings is 1. The average Bonchev–Trinajstić information content (AvgIpc) is 2.53. The number of aryl methyl sites for hydroxylation is 1. The average molecular weight is 174 g/mol. The molecule has 0 unspecified atom stereocenters. The van der Waals surface area contributed by atoms with Crippen molar-refractivity contribution in [3.63, 3.8) is 0 Å². The number of rotatable bonds is 2. The van der Waals surface area contributed by atoms with Gasteiger partial charge in [0.1, 0.15) is 5.76 Å². The molecule has 0 saturated heterocycles. The molecule has 0 aliphatic heterocycles. The van der Waals surface area contributed by atoms with Gasteiger partial charge in [-0.2, -0.15) is 0 Å². The fourth-order valence-electron chi connectivity index (χ4n) is 1.06. The number of aromatic nitrogens is 1. The molecular formula is C10H10N2O. The summed E-state index contributed by atoms with van der Waals surface area (Å²) in [5, 5.41) is 3.05. The molecule has 1 aromatic heterocycles. The van der Waals surface area contributed by atoms with Gasteiger partial charge in [-0.3, -0.25) is 0 Å². The van der Waals surface area contributed by atoms with Gasteiger partial charge >= 0.3 is 0 Å². The monoisotopic (exact) mass is 174 g/mol. The van der Waals surface area contributed by atoms with Crippen LogP contribution in [0.5, 0.6) is 0 Å². The van der Waals surface area contributed by atoms with Gasteiger partial charge in [-0.1, -0.05) is 18.2 Å². The summed E-state index contributed by atoms with van der Waals surface area (Å²) in [5.41, 5.74) is 0.976. The summed E-state index contributed by atoms with van der Waals surface area (Å²) >= 11 is 0. The normalized spacial score (nSPS) is 9.92. The van der Waals surface area contributed by atoms with E-state index in [1.165, 1.54) is 0 Å². The number of nitrogens with zero attached hydrogens (tertiary/aromatic N) is 1. The van der Waals surface area contributed by atoms with Gasteiger partial charge in [-0.05, 0) is 19.1 Å². The van der Waals surface area contributed by atoms with Crippen molar-refractivity contribution in [1.29, 1.82) is 0 Å². The summed E-state index contributed by atoms with van der Waals surface area (Å²) in [5.74, 6) is 0.804. The van der Waals surface area contributed by atoms with Crippen molar-refractivity contribution in [2.75, 3.05) is 5.32 Å². The largest absolute Gasteiger partial charge is 0.429 e. The minimum Gasteiger partial charge on any atom is -0.429 e. The number of hydrogen-bond donors (Lipinski definition) is 1. The molecule has 0 amide bonds. The summed E-state index contributed by atoms with van der Waals surface area (Å²) < 4.78 is 5.27. The molecule has 1 aromatic carbocycles. The first kappa shape index (κ1) is 7.86. The lowest BCUT2D eigenvalue weighted by Gasteiger charge is -1.99. The molecule has 1 heterocycles. The first-order valence-electron chi connectivity index (χ1n) is 4.09. The van der Waals surface area contributed by atoms with Gasteiger partial charge in [0.15, 0.2) is 0 Å². The second-order valence-electron chi connectivity index (χ2n) is 2.77. The summed E-state index contributed by atoms with van der Waals surface area (Å²) in [6.45, 7) is 1.86. The van der Waals surface area contributed by atoms with E-state index in [1.54, 1.807) is 6.20 Å². The van der Waals surface area contributed by atoms with E-state index < -0.39 is 0 Å². The van der Waals surface area contributed by atoms with Crippen LogP contribution in [0.25, 0.3) is 0 Å². The minimum absolute atomic E-state index is 0.531. The molecule has 0 aliphatic carbocycles. The molecule has 3 nitrogen and oxygen atoms in total. The predicted octanol–water partition coefficient (Wildman–Crippen LogP) is 2.73. The smallest absolute Gasteiger partial charge is 0.299 e. The molecule has 0 aliphatic rings. The highest BCUT2D eigenvalue weighted by Gasteiger charge is 1.98. The van der Waals surface area contributed by atoms with Gasteiger partial charge in [0.2, 0.25) is 0 Å². The van der Waals surface area contributed by atoms with E-state index >= 15 is 0 Å². The SMILES string of the molecule is Cc1cnc(Nc2ccccc2)o1. The number of oxazole rings is 1. The van der Waals surface area contributed by atoms with Crippen LogP contribution >= 0.6 is 0 Å². The van der Waals surface area contributed by atoms with Crippen LogP contribution in [0.2, 0.25) is 0 Å².